The van der Waals surface area contributed by atoms with Gasteiger partial charge in [0.05, 0.1) is 23.0 Å². The maximum Gasteiger partial charge on any atom is 0.270 e. The van der Waals surface area contributed by atoms with Crippen molar-refractivity contribution in [2.24, 2.45) is 0 Å². The Kier molecular flexibility index (Phi) is 5.27. The van der Waals surface area contributed by atoms with Crippen molar-refractivity contribution in [2.75, 3.05) is 25.0 Å². The molecule has 4 rings (SSSR count). The number of rotatable bonds is 4. The summed E-state index contributed by atoms with van der Waals surface area (Å²) in [4.78, 5) is 1.56. The summed E-state index contributed by atoms with van der Waals surface area (Å²) in [6, 6.07) is 18.0. The molecule has 7 heteroatoms. The quantitative estimate of drug-likeness (QED) is 0.706. The Morgan fingerprint density at radius 2 is 1.87 bits per heavy atom. The van der Waals surface area contributed by atoms with Crippen molar-refractivity contribution in [3.63, 3.8) is 0 Å². The second-order valence-electron chi connectivity index (χ2n) is 7.67. The summed E-state index contributed by atoms with van der Waals surface area (Å²) < 4.78 is 30.8. The van der Waals surface area contributed by atoms with Gasteiger partial charge in [0.2, 0.25) is 0 Å². The third-order valence-electron chi connectivity index (χ3n) is 5.57. The maximum absolute atomic E-state index is 14.5. The second kappa shape index (κ2) is 7.88. The number of nitriles is 1. The number of alkyl halides is 2. The smallest absolute Gasteiger partial charge is 0.270 e. The van der Waals surface area contributed by atoms with E-state index in [1.807, 2.05) is 49.4 Å². The molecule has 3 aromatic rings. The van der Waals surface area contributed by atoms with Gasteiger partial charge < -0.3 is 10.2 Å². The van der Waals surface area contributed by atoms with Crippen LogP contribution in [0.25, 0.3) is 16.9 Å². The standard InChI is InChI=1S/C23H23F2N5/c1-16-3-7-18(8-4-16)20-13-22(29(2)21-15-27-12-11-23(21,24)25)28-30(20)19-9-5-17(14-26)6-10-19/h3-10,13,21,27H,11-12,15H2,1-2H3/t21-/m1/s1. The van der Waals surface area contributed by atoms with E-state index in [2.05, 4.69) is 16.5 Å². The van der Waals surface area contributed by atoms with Gasteiger partial charge in [0.25, 0.3) is 5.92 Å². The number of halogens is 2. The van der Waals surface area contributed by atoms with Crippen molar-refractivity contribution in [1.29, 1.82) is 5.26 Å². The first-order chi connectivity index (χ1) is 14.4. The van der Waals surface area contributed by atoms with Crippen molar-refractivity contribution in [3.8, 4) is 23.0 Å². The van der Waals surface area contributed by atoms with E-state index in [9.17, 15) is 8.78 Å². The van der Waals surface area contributed by atoms with Crippen LogP contribution in [-0.4, -0.2) is 41.9 Å². The minimum absolute atomic E-state index is 0.191. The van der Waals surface area contributed by atoms with Crippen molar-refractivity contribution >= 4 is 5.82 Å². The van der Waals surface area contributed by atoms with Crippen LogP contribution in [0.1, 0.15) is 17.5 Å². The number of benzene rings is 2. The number of anilines is 1. The molecule has 2 heterocycles. The lowest BCUT2D eigenvalue weighted by atomic mass is 10.0. The fourth-order valence-corrected chi connectivity index (χ4v) is 3.73. The molecule has 0 spiro atoms. The third kappa shape index (κ3) is 3.79. The van der Waals surface area contributed by atoms with Gasteiger partial charge in [0.1, 0.15) is 6.04 Å². The van der Waals surface area contributed by atoms with Crippen LogP contribution < -0.4 is 10.2 Å². The second-order valence-corrected chi connectivity index (χ2v) is 7.67. The average molecular weight is 407 g/mol. The first-order valence-electron chi connectivity index (χ1n) is 9.88. The summed E-state index contributed by atoms with van der Waals surface area (Å²) in [6.07, 6.45) is -0.191. The zero-order valence-corrected chi connectivity index (χ0v) is 16.9. The number of likely N-dealkylation sites (N-methyl/N-ethyl adjacent to an activating group) is 1. The number of piperidine rings is 1. The zero-order chi connectivity index (χ0) is 21.3. The van der Waals surface area contributed by atoms with Crippen molar-refractivity contribution < 1.29 is 8.78 Å². The molecule has 0 unspecified atom stereocenters. The third-order valence-corrected chi connectivity index (χ3v) is 5.57. The highest BCUT2D eigenvalue weighted by Crippen LogP contribution is 2.33. The Labute approximate surface area is 174 Å². The number of hydrogen-bond acceptors (Lipinski definition) is 4. The first kappa shape index (κ1) is 20.0. The number of aryl methyl sites for hydroxylation is 1. The van der Waals surface area contributed by atoms with E-state index in [-0.39, 0.29) is 13.0 Å². The Morgan fingerprint density at radius 1 is 1.17 bits per heavy atom. The van der Waals surface area contributed by atoms with Gasteiger partial charge in [0.15, 0.2) is 5.82 Å². The van der Waals surface area contributed by atoms with Crippen molar-refractivity contribution in [1.82, 2.24) is 15.1 Å². The van der Waals surface area contributed by atoms with E-state index >= 15 is 0 Å². The topological polar surface area (TPSA) is 56.9 Å². The summed E-state index contributed by atoms with van der Waals surface area (Å²) >= 11 is 0. The van der Waals surface area contributed by atoms with Crippen LogP contribution in [0.2, 0.25) is 0 Å². The van der Waals surface area contributed by atoms with Gasteiger partial charge in [-0.15, -0.1) is 5.10 Å². The number of nitrogens with one attached hydrogen (secondary N) is 1. The van der Waals surface area contributed by atoms with Crippen LogP contribution in [0.3, 0.4) is 0 Å². The molecular weight excluding hydrogens is 384 g/mol. The van der Waals surface area contributed by atoms with Crippen molar-refractivity contribution in [2.45, 2.75) is 25.3 Å². The molecule has 0 radical (unpaired) electrons. The lowest BCUT2D eigenvalue weighted by molar-refractivity contribution is -0.0461. The minimum Gasteiger partial charge on any atom is -0.348 e. The predicted molar refractivity (Wildman–Crippen MR) is 113 cm³/mol. The number of aromatic nitrogens is 2. The molecular formula is C23H23F2N5. The lowest BCUT2D eigenvalue weighted by Gasteiger charge is -2.38. The molecule has 0 aliphatic carbocycles. The SMILES string of the molecule is Cc1ccc(-c2cc(N(C)[C@@H]3CNCCC3(F)F)nn2-c2ccc(C#N)cc2)cc1. The molecule has 0 amide bonds. The molecule has 1 N–H and O–H groups in total. The largest absolute Gasteiger partial charge is 0.348 e. The Hall–Kier alpha value is -3.24. The van der Waals surface area contributed by atoms with Gasteiger partial charge in [-0.25, -0.2) is 13.5 Å². The van der Waals surface area contributed by atoms with Gasteiger partial charge in [-0.3, -0.25) is 0 Å². The summed E-state index contributed by atoms with van der Waals surface area (Å²) in [7, 11) is 1.66. The molecule has 2 aromatic carbocycles. The maximum atomic E-state index is 14.5. The van der Waals surface area contributed by atoms with Crippen LogP contribution in [0, 0.1) is 18.3 Å². The van der Waals surface area contributed by atoms with Gasteiger partial charge >= 0.3 is 0 Å². The van der Waals surface area contributed by atoms with E-state index in [4.69, 9.17) is 5.26 Å². The summed E-state index contributed by atoms with van der Waals surface area (Å²) in [6.45, 7) is 2.53. The molecule has 1 atom stereocenters. The number of nitrogens with zero attached hydrogens (tertiary/aromatic N) is 4. The van der Waals surface area contributed by atoms with Gasteiger partial charge in [-0.1, -0.05) is 29.8 Å². The highest BCUT2D eigenvalue weighted by atomic mass is 19.3. The van der Waals surface area contributed by atoms with E-state index < -0.39 is 12.0 Å². The Balaban J connectivity index is 1.79. The van der Waals surface area contributed by atoms with E-state index in [0.29, 0.717) is 17.9 Å². The monoisotopic (exact) mass is 407 g/mol. The Morgan fingerprint density at radius 3 is 2.50 bits per heavy atom. The van der Waals surface area contributed by atoms with E-state index in [1.165, 1.54) is 0 Å². The molecule has 30 heavy (non-hydrogen) atoms. The number of hydrogen-bond donors (Lipinski definition) is 1. The molecule has 1 aliphatic rings. The van der Waals surface area contributed by atoms with Gasteiger partial charge in [-0.05, 0) is 31.2 Å². The molecule has 1 aromatic heterocycles. The van der Waals surface area contributed by atoms with Crippen molar-refractivity contribution in [3.05, 3.63) is 65.7 Å². The Bertz CT molecular complexity index is 1060. The van der Waals surface area contributed by atoms with Gasteiger partial charge in [0, 0.05) is 38.2 Å². The van der Waals surface area contributed by atoms with Crippen LogP contribution in [0.15, 0.2) is 54.6 Å². The molecule has 5 nitrogen and oxygen atoms in total. The highest BCUT2D eigenvalue weighted by molar-refractivity contribution is 5.67. The van der Waals surface area contributed by atoms with Crippen LogP contribution in [0.5, 0.6) is 0 Å². The lowest BCUT2D eigenvalue weighted by Crippen LogP contribution is -2.56. The fourth-order valence-electron chi connectivity index (χ4n) is 3.73. The molecule has 154 valence electrons. The first-order valence-corrected chi connectivity index (χ1v) is 9.88. The zero-order valence-electron chi connectivity index (χ0n) is 16.9. The minimum atomic E-state index is -2.79. The molecule has 0 bridgehead atoms. The molecule has 1 aliphatic heterocycles. The van der Waals surface area contributed by atoms with E-state index in [0.717, 1.165) is 22.5 Å². The molecule has 1 saturated heterocycles. The van der Waals surface area contributed by atoms with E-state index in [1.54, 1.807) is 28.8 Å². The molecule has 0 saturated carbocycles. The fraction of sp³-hybridized carbons (Fsp3) is 0.304. The average Bonchev–Trinajstić information content (AvgIpc) is 3.19. The van der Waals surface area contributed by atoms with Crippen LogP contribution in [-0.2, 0) is 0 Å². The summed E-state index contributed by atoms with van der Waals surface area (Å²) in [5.41, 5.74) is 4.18. The highest BCUT2D eigenvalue weighted by Gasteiger charge is 2.44. The van der Waals surface area contributed by atoms with Crippen LogP contribution >= 0.6 is 0 Å². The van der Waals surface area contributed by atoms with Gasteiger partial charge in [-0.2, -0.15) is 5.26 Å². The normalized spacial score (nSPS) is 18.0. The summed E-state index contributed by atoms with van der Waals surface area (Å²) in [5, 5.41) is 16.8. The predicted octanol–water partition coefficient (Wildman–Crippen LogP) is 4.15. The molecule has 1 fully saturated rings. The summed E-state index contributed by atoms with van der Waals surface area (Å²) in [5.74, 6) is -2.31. The van der Waals surface area contributed by atoms with Crippen LogP contribution in [0.4, 0.5) is 14.6 Å².